The van der Waals surface area contributed by atoms with Gasteiger partial charge in [0.1, 0.15) is 0 Å². The monoisotopic (exact) mass is 309 g/mol. The van der Waals surface area contributed by atoms with Crippen LogP contribution in [-0.4, -0.2) is 32.4 Å². The molecule has 0 bridgehead atoms. The SMILES string of the molecule is O=C(O)N1[C@@H](Cc2ccc(Cl)c(Cl)c2)COS1=O. The number of amides is 1. The highest BCUT2D eigenvalue weighted by Gasteiger charge is 2.36. The number of rotatable bonds is 2. The molecule has 1 N–H and O–H groups in total. The Labute approximate surface area is 116 Å². The van der Waals surface area contributed by atoms with Gasteiger partial charge in [-0.25, -0.2) is 9.00 Å². The lowest BCUT2D eigenvalue weighted by Crippen LogP contribution is -2.37. The van der Waals surface area contributed by atoms with Crippen molar-refractivity contribution >= 4 is 40.6 Å². The summed E-state index contributed by atoms with van der Waals surface area (Å²) in [5.74, 6) is 0. The highest BCUT2D eigenvalue weighted by Crippen LogP contribution is 2.25. The van der Waals surface area contributed by atoms with E-state index in [9.17, 15) is 9.00 Å². The molecule has 0 saturated carbocycles. The smallest absolute Gasteiger partial charge is 0.421 e. The fourth-order valence-corrected chi connectivity index (χ4v) is 2.90. The first-order chi connectivity index (χ1) is 8.49. The van der Waals surface area contributed by atoms with Gasteiger partial charge in [0.25, 0.3) is 11.3 Å². The lowest BCUT2D eigenvalue weighted by molar-refractivity contribution is 0.165. The highest BCUT2D eigenvalue weighted by molar-refractivity contribution is 7.78. The second kappa shape index (κ2) is 5.44. The van der Waals surface area contributed by atoms with Gasteiger partial charge in [0.15, 0.2) is 0 Å². The summed E-state index contributed by atoms with van der Waals surface area (Å²) in [4.78, 5) is 10.9. The normalized spacial score (nSPS) is 23.3. The molecule has 98 valence electrons. The van der Waals surface area contributed by atoms with E-state index in [0.717, 1.165) is 9.87 Å². The number of carbonyl (C=O) groups is 1. The largest absolute Gasteiger partial charge is 0.464 e. The predicted molar refractivity (Wildman–Crippen MR) is 67.9 cm³/mol. The molecule has 0 aromatic heterocycles. The second-order valence-corrected chi connectivity index (χ2v) is 5.59. The molecular formula is C10H9Cl2NO4S. The quantitative estimate of drug-likeness (QED) is 0.911. The van der Waals surface area contributed by atoms with Crippen LogP contribution in [0.15, 0.2) is 18.2 Å². The van der Waals surface area contributed by atoms with Gasteiger partial charge >= 0.3 is 6.09 Å². The van der Waals surface area contributed by atoms with Gasteiger partial charge in [0.2, 0.25) is 0 Å². The molecule has 0 radical (unpaired) electrons. The molecule has 0 aliphatic carbocycles. The van der Waals surface area contributed by atoms with Crippen LogP contribution in [0.4, 0.5) is 4.79 Å². The molecule has 1 aromatic carbocycles. The summed E-state index contributed by atoms with van der Waals surface area (Å²) >= 11 is 9.73. The Morgan fingerprint density at radius 2 is 2.22 bits per heavy atom. The molecule has 1 unspecified atom stereocenters. The maximum absolute atomic E-state index is 11.3. The molecule has 1 aromatic rings. The van der Waals surface area contributed by atoms with Crippen LogP contribution in [-0.2, 0) is 21.9 Å². The van der Waals surface area contributed by atoms with Crippen molar-refractivity contribution in [1.82, 2.24) is 4.31 Å². The van der Waals surface area contributed by atoms with Gasteiger partial charge in [-0.05, 0) is 24.1 Å². The lowest BCUT2D eigenvalue weighted by atomic mass is 10.1. The zero-order chi connectivity index (χ0) is 13.3. The molecule has 5 nitrogen and oxygen atoms in total. The molecule has 1 heterocycles. The van der Waals surface area contributed by atoms with Crippen molar-refractivity contribution in [3.05, 3.63) is 33.8 Å². The Morgan fingerprint density at radius 1 is 1.50 bits per heavy atom. The molecule has 1 fully saturated rings. The van der Waals surface area contributed by atoms with Crippen molar-refractivity contribution in [3.63, 3.8) is 0 Å². The molecule has 2 atom stereocenters. The third-order valence-corrected chi connectivity index (χ3v) is 4.35. The lowest BCUT2D eigenvalue weighted by Gasteiger charge is -2.16. The van der Waals surface area contributed by atoms with Crippen LogP contribution >= 0.6 is 23.2 Å². The Balaban J connectivity index is 2.15. The van der Waals surface area contributed by atoms with Crippen LogP contribution in [0, 0.1) is 0 Å². The number of carboxylic acid groups (broad SMARTS) is 1. The molecule has 1 amide bonds. The molecule has 1 aliphatic heterocycles. The van der Waals surface area contributed by atoms with Crippen LogP contribution in [0.2, 0.25) is 10.0 Å². The van der Waals surface area contributed by atoms with E-state index in [-0.39, 0.29) is 6.61 Å². The summed E-state index contributed by atoms with van der Waals surface area (Å²) < 4.78 is 16.9. The van der Waals surface area contributed by atoms with E-state index in [1.54, 1.807) is 18.2 Å². The Kier molecular flexibility index (Phi) is 4.11. The van der Waals surface area contributed by atoms with E-state index in [4.69, 9.17) is 32.5 Å². The van der Waals surface area contributed by atoms with E-state index in [1.165, 1.54) is 0 Å². The third-order valence-electron chi connectivity index (χ3n) is 2.50. The zero-order valence-corrected chi connectivity index (χ0v) is 11.3. The summed E-state index contributed by atoms with van der Waals surface area (Å²) in [6.07, 6.45) is -0.898. The minimum atomic E-state index is -1.93. The molecular weight excluding hydrogens is 301 g/mol. The molecule has 1 aliphatic rings. The van der Waals surface area contributed by atoms with E-state index >= 15 is 0 Å². The third kappa shape index (κ3) is 2.77. The summed E-state index contributed by atoms with van der Waals surface area (Å²) in [6, 6.07) is 4.55. The summed E-state index contributed by atoms with van der Waals surface area (Å²) in [5.41, 5.74) is 0.808. The number of hydrogen-bond acceptors (Lipinski definition) is 3. The van der Waals surface area contributed by atoms with Crippen LogP contribution < -0.4 is 0 Å². The van der Waals surface area contributed by atoms with E-state index in [1.807, 2.05) is 0 Å². The van der Waals surface area contributed by atoms with Gasteiger partial charge in [-0.15, -0.1) is 0 Å². The number of halogens is 2. The van der Waals surface area contributed by atoms with Gasteiger partial charge in [0, 0.05) is 0 Å². The van der Waals surface area contributed by atoms with Crippen LogP contribution in [0.1, 0.15) is 5.56 Å². The van der Waals surface area contributed by atoms with Crippen molar-refractivity contribution < 1.29 is 18.3 Å². The standard InChI is InChI=1S/C10H9Cl2NO4S/c11-8-2-1-6(4-9(8)12)3-7-5-17-18(16)13(7)10(14)15/h1-2,4,7H,3,5H2,(H,14,15)/t7-,18?/m0/s1. The summed E-state index contributed by atoms with van der Waals surface area (Å²) in [5, 5.41) is 9.77. The van der Waals surface area contributed by atoms with E-state index in [2.05, 4.69) is 0 Å². The van der Waals surface area contributed by atoms with E-state index in [0.29, 0.717) is 16.5 Å². The Bertz CT molecular complexity index is 511. The number of benzene rings is 1. The summed E-state index contributed by atoms with van der Waals surface area (Å²) in [6.45, 7) is 0.0964. The van der Waals surface area contributed by atoms with E-state index < -0.39 is 23.4 Å². The predicted octanol–water partition coefficient (Wildman–Crippen LogP) is 2.49. The molecule has 0 spiro atoms. The van der Waals surface area contributed by atoms with Gasteiger partial charge in [-0.2, -0.15) is 4.31 Å². The van der Waals surface area contributed by atoms with Gasteiger partial charge in [0.05, 0.1) is 22.7 Å². The van der Waals surface area contributed by atoms with Crippen molar-refractivity contribution in [2.24, 2.45) is 0 Å². The first kappa shape index (κ1) is 13.6. The Morgan fingerprint density at radius 3 is 2.83 bits per heavy atom. The first-order valence-electron chi connectivity index (χ1n) is 5.00. The average molecular weight is 310 g/mol. The minimum absolute atomic E-state index is 0.0964. The topological polar surface area (TPSA) is 66.8 Å². The van der Waals surface area contributed by atoms with Crippen molar-refractivity contribution in [1.29, 1.82) is 0 Å². The van der Waals surface area contributed by atoms with Gasteiger partial charge in [-0.1, -0.05) is 29.3 Å². The zero-order valence-electron chi connectivity index (χ0n) is 9.01. The van der Waals surface area contributed by atoms with Gasteiger partial charge in [-0.3, -0.25) is 4.18 Å². The highest BCUT2D eigenvalue weighted by atomic mass is 35.5. The molecule has 8 heteroatoms. The van der Waals surface area contributed by atoms with Gasteiger partial charge < -0.3 is 5.11 Å². The maximum Gasteiger partial charge on any atom is 0.421 e. The van der Waals surface area contributed by atoms with Crippen molar-refractivity contribution in [3.8, 4) is 0 Å². The second-order valence-electron chi connectivity index (χ2n) is 3.72. The molecule has 1 saturated heterocycles. The average Bonchev–Trinajstić information content (AvgIpc) is 2.65. The Hall–Kier alpha value is -0.820. The number of hydrogen-bond donors (Lipinski definition) is 1. The van der Waals surface area contributed by atoms with Crippen LogP contribution in [0.3, 0.4) is 0 Å². The minimum Gasteiger partial charge on any atom is -0.464 e. The van der Waals surface area contributed by atoms with Crippen LogP contribution in [0.5, 0.6) is 0 Å². The molecule has 18 heavy (non-hydrogen) atoms. The molecule has 2 rings (SSSR count). The summed E-state index contributed by atoms with van der Waals surface area (Å²) in [7, 11) is 0. The fraction of sp³-hybridized carbons (Fsp3) is 0.300. The fourth-order valence-electron chi connectivity index (χ4n) is 1.68. The van der Waals surface area contributed by atoms with Crippen LogP contribution in [0.25, 0.3) is 0 Å². The van der Waals surface area contributed by atoms with Crippen molar-refractivity contribution in [2.75, 3.05) is 6.61 Å². The maximum atomic E-state index is 11.3. The number of nitrogens with zero attached hydrogens (tertiary/aromatic N) is 1. The first-order valence-corrected chi connectivity index (χ1v) is 6.79. The van der Waals surface area contributed by atoms with Crippen molar-refractivity contribution in [2.45, 2.75) is 12.5 Å².